The van der Waals surface area contributed by atoms with E-state index in [1.54, 1.807) is 24.3 Å². The molecule has 6 nitrogen and oxygen atoms in total. The van der Waals surface area contributed by atoms with Crippen molar-refractivity contribution in [1.29, 1.82) is 0 Å². The van der Waals surface area contributed by atoms with Gasteiger partial charge in [-0.25, -0.2) is 4.79 Å². The van der Waals surface area contributed by atoms with Gasteiger partial charge in [0.15, 0.2) is 0 Å². The first kappa shape index (κ1) is 15.3. The van der Waals surface area contributed by atoms with Crippen LogP contribution in [0.3, 0.4) is 0 Å². The van der Waals surface area contributed by atoms with Gasteiger partial charge >= 0.3 is 5.69 Å². The maximum Gasteiger partial charge on any atom is 0.368 e. The Kier molecular flexibility index (Phi) is 4.43. The predicted octanol–water partition coefficient (Wildman–Crippen LogP) is 2.47. The van der Waals surface area contributed by atoms with Crippen LogP contribution in [0.1, 0.15) is 5.56 Å². The summed E-state index contributed by atoms with van der Waals surface area (Å²) in [6, 6.07) is 14.7. The number of tetrazole rings is 1. The lowest BCUT2D eigenvalue weighted by atomic mass is 10.2. The van der Waals surface area contributed by atoms with Crippen LogP contribution < -0.4 is 10.4 Å². The quantitative estimate of drug-likeness (QED) is 0.721. The lowest BCUT2D eigenvalue weighted by Gasteiger charge is -2.05. The highest BCUT2D eigenvalue weighted by atomic mass is 35.5. The molecule has 23 heavy (non-hydrogen) atoms. The first-order valence-corrected chi connectivity index (χ1v) is 7.50. The fraction of sp³-hybridized carbons (Fsp3) is 0.188. The van der Waals surface area contributed by atoms with Crippen LogP contribution in [0.2, 0.25) is 5.02 Å². The van der Waals surface area contributed by atoms with E-state index in [2.05, 4.69) is 10.4 Å². The van der Waals surface area contributed by atoms with E-state index in [1.807, 2.05) is 31.2 Å². The van der Waals surface area contributed by atoms with Crippen molar-refractivity contribution in [3.63, 3.8) is 0 Å². The van der Waals surface area contributed by atoms with Gasteiger partial charge in [0.25, 0.3) is 0 Å². The number of nitrogens with zero attached hydrogens (tertiary/aromatic N) is 4. The van der Waals surface area contributed by atoms with E-state index in [0.29, 0.717) is 23.9 Å². The van der Waals surface area contributed by atoms with E-state index >= 15 is 0 Å². The summed E-state index contributed by atoms with van der Waals surface area (Å²) < 4.78 is 8.05. The Morgan fingerprint density at radius 2 is 1.96 bits per heavy atom. The molecule has 0 aliphatic heterocycles. The van der Waals surface area contributed by atoms with Gasteiger partial charge in [-0.05, 0) is 47.2 Å². The van der Waals surface area contributed by atoms with Crippen LogP contribution in [-0.2, 0) is 6.54 Å². The topological polar surface area (TPSA) is 61.9 Å². The number of hydrogen-bond acceptors (Lipinski definition) is 4. The van der Waals surface area contributed by atoms with Gasteiger partial charge in [0.05, 0.1) is 17.3 Å². The van der Waals surface area contributed by atoms with Crippen molar-refractivity contribution in [2.75, 3.05) is 6.61 Å². The largest absolute Gasteiger partial charge is 0.492 e. The highest BCUT2D eigenvalue weighted by molar-refractivity contribution is 6.32. The van der Waals surface area contributed by atoms with Gasteiger partial charge in [-0.1, -0.05) is 35.9 Å². The highest BCUT2D eigenvalue weighted by Gasteiger charge is 2.11. The normalized spacial score (nSPS) is 10.7. The number of rotatable bonds is 5. The number of ether oxygens (including phenoxy) is 1. The van der Waals surface area contributed by atoms with E-state index in [-0.39, 0.29) is 5.69 Å². The third kappa shape index (κ3) is 3.43. The lowest BCUT2D eigenvalue weighted by Crippen LogP contribution is -2.26. The number of aromatic nitrogens is 4. The molecule has 0 unspecified atom stereocenters. The Labute approximate surface area is 137 Å². The number of aryl methyl sites for hydroxylation is 1. The maximum absolute atomic E-state index is 12.3. The third-order valence-corrected chi connectivity index (χ3v) is 3.60. The van der Waals surface area contributed by atoms with Crippen molar-refractivity contribution in [3.05, 3.63) is 69.6 Å². The van der Waals surface area contributed by atoms with E-state index < -0.39 is 0 Å². The molecule has 0 aliphatic rings. The van der Waals surface area contributed by atoms with Gasteiger partial charge in [0.2, 0.25) is 0 Å². The van der Waals surface area contributed by atoms with E-state index in [4.69, 9.17) is 16.3 Å². The summed E-state index contributed by atoms with van der Waals surface area (Å²) in [7, 11) is 0. The molecule has 0 N–H and O–H groups in total. The van der Waals surface area contributed by atoms with Crippen molar-refractivity contribution in [1.82, 2.24) is 19.8 Å². The Balaban J connectivity index is 1.71. The molecule has 0 amide bonds. The Bertz CT molecular complexity index is 872. The predicted molar refractivity (Wildman–Crippen MR) is 87.3 cm³/mol. The van der Waals surface area contributed by atoms with Gasteiger partial charge in [0.1, 0.15) is 12.4 Å². The average molecular weight is 331 g/mol. The first-order chi connectivity index (χ1) is 11.1. The van der Waals surface area contributed by atoms with Crippen LogP contribution in [0.15, 0.2) is 53.3 Å². The maximum atomic E-state index is 12.3. The van der Waals surface area contributed by atoms with Crippen LogP contribution in [0, 0.1) is 6.92 Å². The fourth-order valence-corrected chi connectivity index (χ4v) is 2.36. The van der Waals surface area contributed by atoms with Crippen LogP contribution in [0.4, 0.5) is 0 Å². The molecule has 0 radical (unpaired) electrons. The van der Waals surface area contributed by atoms with E-state index in [0.717, 1.165) is 11.3 Å². The molecule has 3 aromatic rings. The SMILES string of the molecule is Cc1cccc(OCCn2nnn(-c3ccccc3Cl)c2=O)c1. The zero-order valence-corrected chi connectivity index (χ0v) is 13.3. The van der Waals surface area contributed by atoms with Gasteiger partial charge in [-0.2, -0.15) is 9.36 Å². The molecular weight excluding hydrogens is 316 g/mol. The molecule has 0 saturated carbocycles. The zero-order chi connectivity index (χ0) is 16.2. The summed E-state index contributed by atoms with van der Waals surface area (Å²) in [5.74, 6) is 0.761. The molecule has 0 bridgehead atoms. The Hall–Kier alpha value is -2.60. The van der Waals surface area contributed by atoms with Crippen molar-refractivity contribution < 1.29 is 4.74 Å². The molecule has 1 heterocycles. The molecule has 0 spiro atoms. The Morgan fingerprint density at radius 3 is 2.74 bits per heavy atom. The molecule has 2 aromatic carbocycles. The van der Waals surface area contributed by atoms with Crippen LogP contribution in [-0.4, -0.2) is 26.4 Å². The van der Waals surface area contributed by atoms with Crippen LogP contribution in [0.25, 0.3) is 5.69 Å². The number of halogens is 1. The van der Waals surface area contributed by atoms with Crippen LogP contribution >= 0.6 is 11.6 Å². The average Bonchev–Trinajstić information content (AvgIpc) is 2.89. The molecule has 7 heteroatoms. The number of para-hydroxylation sites is 1. The summed E-state index contributed by atoms with van der Waals surface area (Å²) >= 11 is 6.08. The summed E-state index contributed by atoms with van der Waals surface area (Å²) in [5, 5.41) is 8.17. The van der Waals surface area contributed by atoms with Crippen molar-refractivity contribution in [3.8, 4) is 11.4 Å². The molecule has 0 atom stereocenters. The fourth-order valence-electron chi connectivity index (χ4n) is 2.14. The monoisotopic (exact) mass is 330 g/mol. The third-order valence-electron chi connectivity index (χ3n) is 3.28. The second kappa shape index (κ2) is 6.66. The zero-order valence-electron chi connectivity index (χ0n) is 12.5. The second-order valence-electron chi connectivity index (χ2n) is 5.01. The van der Waals surface area contributed by atoms with Crippen molar-refractivity contribution in [2.24, 2.45) is 0 Å². The van der Waals surface area contributed by atoms with E-state index in [1.165, 1.54) is 9.36 Å². The molecule has 1 aromatic heterocycles. The minimum atomic E-state index is -0.356. The van der Waals surface area contributed by atoms with Crippen molar-refractivity contribution in [2.45, 2.75) is 13.5 Å². The summed E-state index contributed by atoms with van der Waals surface area (Å²) in [4.78, 5) is 12.3. The molecule has 118 valence electrons. The Morgan fingerprint density at radius 1 is 1.13 bits per heavy atom. The highest BCUT2D eigenvalue weighted by Crippen LogP contribution is 2.16. The molecule has 0 fully saturated rings. The molecular formula is C16H15ClN4O2. The molecule has 0 aliphatic carbocycles. The minimum Gasteiger partial charge on any atom is -0.492 e. The molecule has 0 saturated heterocycles. The lowest BCUT2D eigenvalue weighted by molar-refractivity contribution is 0.287. The van der Waals surface area contributed by atoms with Gasteiger partial charge in [-0.3, -0.25) is 0 Å². The van der Waals surface area contributed by atoms with Crippen molar-refractivity contribution >= 4 is 11.6 Å². The summed E-state index contributed by atoms with van der Waals surface area (Å²) in [6.45, 7) is 2.62. The molecule has 3 rings (SSSR count). The first-order valence-electron chi connectivity index (χ1n) is 7.12. The standard InChI is InChI=1S/C16H15ClN4O2/c1-12-5-4-6-13(11-12)23-10-9-20-16(22)21(19-18-20)15-8-3-2-7-14(15)17/h2-8,11H,9-10H2,1H3. The second-order valence-corrected chi connectivity index (χ2v) is 5.42. The van der Waals surface area contributed by atoms with Crippen LogP contribution in [0.5, 0.6) is 5.75 Å². The van der Waals surface area contributed by atoms with Gasteiger partial charge < -0.3 is 4.74 Å². The summed E-state index contributed by atoms with van der Waals surface area (Å²) in [5.41, 5.74) is 1.26. The van der Waals surface area contributed by atoms with Gasteiger partial charge in [0, 0.05) is 0 Å². The smallest absolute Gasteiger partial charge is 0.368 e. The summed E-state index contributed by atoms with van der Waals surface area (Å²) in [6.07, 6.45) is 0. The van der Waals surface area contributed by atoms with E-state index in [9.17, 15) is 4.79 Å². The number of benzene rings is 2. The van der Waals surface area contributed by atoms with Gasteiger partial charge in [-0.15, -0.1) is 0 Å². The minimum absolute atomic E-state index is 0.303. The number of hydrogen-bond donors (Lipinski definition) is 0.